The van der Waals surface area contributed by atoms with Gasteiger partial charge >= 0.3 is 0 Å². The standard InChI is InChI=1S/C13H19N3O2/c1-9-4-3-5-11(8-9)6-7-12(17)15-16-13(18)10(2)14/h3-5,8,10H,6-7,14H2,1-2H3,(H,15,17)(H,16,18). The Morgan fingerprint density at radius 1 is 1.33 bits per heavy atom. The van der Waals surface area contributed by atoms with E-state index in [1.54, 1.807) is 6.92 Å². The average molecular weight is 249 g/mol. The summed E-state index contributed by atoms with van der Waals surface area (Å²) in [6, 6.07) is 7.34. The monoisotopic (exact) mass is 249 g/mol. The zero-order chi connectivity index (χ0) is 13.5. The molecule has 5 nitrogen and oxygen atoms in total. The van der Waals surface area contributed by atoms with Gasteiger partial charge in [-0.15, -0.1) is 0 Å². The van der Waals surface area contributed by atoms with Crippen LogP contribution in [0.1, 0.15) is 24.5 Å². The largest absolute Gasteiger partial charge is 0.320 e. The van der Waals surface area contributed by atoms with Crippen molar-refractivity contribution in [1.82, 2.24) is 10.9 Å². The molecule has 18 heavy (non-hydrogen) atoms. The lowest BCUT2D eigenvalue weighted by Crippen LogP contribution is -2.48. The van der Waals surface area contributed by atoms with Gasteiger partial charge < -0.3 is 5.73 Å². The van der Waals surface area contributed by atoms with Gasteiger partial charge in [0, 0.05) is 6.42 Å². The van der Waals surface area contributed by atoms with Gasteiger partial charge in [-0.1, -0.05) is 29.8 Å². The van der Waals surface area contributed by atoms with E-state index in [1.807, 2.05) is 31.2 Å². The van der Waals surface area contributed by atoms with Crippen molar-refractivity contribution in [3.05, 3.63) is 35.4 Å². The molecule has 1 rings (SSSR count). The summed E-state index contributed by atoms with van der Waals surface area (Å²) in [5.41, 5.74) is 12.2. The van der Waals surface area contributed by atoms with E-state index >= 15 is 0 Å². The van der Waals surface area contributed by atoms with Gasteiger partial charge in [0.1, 0.15) is 0 Å². The zero-order valence-corrected chi connectivity index (χ0v) is 10.7. The summed E-state index contributed by atoms with van der Waals surface area (Å²) in [5.74, 6) is -0.635. The van der Waals surface area contributed by atoms with Crippen LogP contribution >= 0.6 is 0 Å². The number of hydrazine groups is 1. The molecule has 0 aliphatic carbocycles. The molecule has 2 amide bonds. The van der Waals surface area contributed by atoms with Crippen LogP contribution in [0.5, 0.6) is 0 Å². The maximum Gasteiger partial charge on any atom is 0.254 e. The van der Waals surface area contributed by atoms with E-state index in [0.29, 0.717) is 12.8 Å². The predicted molar refractivity (Wildman–Crippen MR) is 69.4 cm³/mol. The Labute approximate surface area is 107 Å². The predicted octanol–water partition coefficient (Wildman–Crippen LogP) is 0.422. The number of aryl methyl sites for hydroxylation is 2. The highest BCUT2D eigenvalue weighted by molar-refractivity contribution is 5.84. The van der Waals surface area contributed by atoms with Crippen LogP contribution in [0.4, 0.5) is 0 Å². The first-order valence-electron chi connectivity index (χ1n) is 5.89. The molecule has 0 aliphatic rings. The first-order valence-corrected chi connectivity index (χ1v) is 5.89. The van der Waals surface area contributed by atoms with Crippen molar-refractivity contribution in [3.63, 3.8) is 0 Å². The van der Waals surface area contributed by atoms with Crippen molar-refractivity contribution >= 4 is 11.8 Å². The van der Waals surface area contributed by atoms with Crippen molar-refractivity contribution in [3.8, 4) is 0 Å². The molecule has 0 spiro atoms. The summed E-state index contributed by atoms with van der Waals surface area (Å²) >= 11 is 0. The summed E-state index contributed by atoms with van der Waals surface area (Å²) < 4.78 is 0. The fourth-order valence-electron chi connectivity index (χ4n) is 1.43. The Hall–Kier alpha value is -1.88. The topological polar surface area (TPSA) is 84.2 Å². The molecular weight excluding hydrogens is 230 g/mol. The molecule has 0 saturated carbocycles. The third kappa shape index (κ3) is 4.97. The van der Waals surface area contributed by atoms with Crippen molar-refractivity contribution in [2.75, 3.05) is 0 Å². The smallest absolute Gasteiger partial charge is 0.254 e. The summed E-state index contributed by atoms with van der Waals surface area (Å²) in [6.07, 6.45) is 0.963. The summed E-state index contributed by atoms with van der Waals surface area (Å²) in [7, 11) is 0. The van der Waals surface area contributed by atoms with Gasteiger partial charge in [-0.2, -0.15) is 0 Å². The lowest BCUT2D eigenvalue weighted by atomic mass is 10.1. The van der Waals surface area contributed by atoms with E-state index in [-0.39, 0.29) is 5.91 Å². The highest BCUT2D eigenvalue weighted by atomic mass is 16.2. The van der Waals surface area contributed by atoms with E-state index in [9.17, 15) is 9.59 Å². The van der Waals surface area contributed by atoms with Crippen LogP contribution in [-0.4, -0.2) is 17.9 Å². The highest BCUT2D eigenvalue weighted by Crippen LogP contribution is 2.06. The third-order valence-electron chi connectivity index (χ3n) is 2.46. The number of benzene rings is 1. The molecule has 0 radical (unpaired) electrons. The van der Waals surface area contributed by atoms with E-state index < -0.39 is 11.9 Å². The Morgan fingerprint density at radius 2 is 2.06 bits per heavy atom. The fourth-order valence-corrected chi connectivity index (χ4v) is 1.43. The number of carbonyl (C=O) groups is 2. The highest BCUT2D eigenvalue weighted by Gasteiger charge is 2.08. The van der Waals surface area contributed by atoms with Gasteiger partial charge in [0.2, 0.25) is 5.91 Å². The van der Waals surface area contributed by atoms with Crippen LogP contribution in [0, 0.1) is 6.92 Å². The molecular formula is C13H19N3O2. The molecule has 4 N–H and O–H groups in total. The fraction of sp³-hybridized carbons (Fsp3) is 0.385. The maximum atomic E-state index is 11.5. The van der Waals surface area contributed by atoms with Gasteiger partial charge in [0.15, 0.2) is 0 Å². The van der Waals surface area contributed by atoms with Crippen molar-refractivity contribution < 1.29 is 9.59 Å². The molecule has 1 unspecified atom stereocenters. The minimum absolute atomic E-state index is 0.231. The van der Waals surface area contributed by atoms with Crippen molar-refractivity contribution in [2.45, 2.75) is 32.7 Å². The molecule has 0 fully saturated rings. The average Bonchev–Trinajstić information content (AvgIpc) is 2.33. The number of hydrogen-bond acceptors (Lipinski definition) is 3. The molecule has 0 bridgehead atoms. The normalized spacial score (nSPS) is 11.7. The Morgan fingerprint density at radius 3 is 2.67 bits per heavy atom. The summed E-state index contributed by atoms with van der Waals surface area (Å²) in [6.45, 7) is 3.56. The van der Waals surface area contributed by atoms with E-state index in [4.69, 9.17) is 5.73 Å². The lowest BCUT2D eigenvalue weighted by Gasteiger charge is -2.09. The Bertz CT molecular complexity index is 430. The summed E-state index contributed by atoms with van der Waals surface area (Å²) in [5, 5.41) is 0. The number of rotatable bonds is 4. The zero-order valence-electron chi connectivity index (χ0n) is 10.7. The molecule has 98 valence electrons. The number of carbonyl (C=O) groups excluding carboxylic acids is 2. The van der Waals surface area contributed by atoms with Gasteiger partial charge in [0.25, 0.3) is 5.91 Å². The molecule has 1 aromatic carbocycles. The van der Waals surface area contributed by atoms with Crippen LogP contribution in [-0.2, 0) is 16.0 Å². The van der Waals surface area contributed by atoms with Crippen molar-refractivity contribution in [2.24, 2.45) is 5.73 Å². The second kappa shape index (κ2) is 6.76. The van der Waals surface area contributed by atoms with E-state index in [1.165, 1.54) is 0 Å². The first-order chi connectivity index (χ1) is 8.49. The second-order valence-electron chi connectivity index (χ2n) is 4.32. The minimum Gasteiger partial charge on any atom is -0.320 e. The number of nitrogens with one attached hydrogen (secondary N) is 2. The van der Waals surface area contributed by atoms with Crippen LogP contribution in [0.15, 0.2) is 24.3 Å². The molecule has 5 heteroatoms. The molecule has 0 aliphatic heterocycles. The van der Waals surface area contributed by atoms with Crippen LogP contribution in [0.3, 0.4) is 0 Å². The minimum atomic E-state index is -0.637. The number of nitrogens with two attached hydrogens (primary N) is 1. The lowest BCUT2D eigenvalue weighted by molar-refractivity contribution is -0.129. The number of amides is 2. The molecule has 1 atom stereocenters. The van der Waals surface area contributed by atoms with Gasteiger partial charge in [-0.05, 0) is 25.8 Å². The van der Waals surface area contributed by atoms with E-state index in [0.717, 1.165) is 11.1 Å². The first kappa shape index (κ1) is 14.2. The Kier molecular flexibility index (Phi) is 5.32. The van der Waals surface area contributed by atoms with E-state index in [2.05, 4.69) is 10.9 Å². The second-order valence-corrected chi connectivity index (χ2v) is 4.32. The van der Waals surface area contributed by atoms with Crippen molar-refractivity contribution in [1.29, 1.82) is 0 Å². The van der Waals surface area contributed by atoms with Gasteiger partial charge in [-0.3, -0.25) is 20.4 Å². The summed E-state index contributed by atoms with van der Waals surface area (Å²) in [4.78, 5) is 22.6. The molecule has 1 aromatic rings. The third-order valence-corrected chi connectivity index (χ3v) is 2.46. The van der Waals surface area contributed by atoms with Crippen LogP contribution < -0.4 is 16.6 Å². The molecule has 0 saturated heterocycles. The van der Waals surface area contributed by atoms with Gasteiger partial charge in [0.05, 0.1) is 6.04 Å². The van der Waals surface area contributed by atoms with Crippen LogP contribution in [0.25, 0.3) is 0 Å². The number of hydrogen-bond donors (Lipinski definition) is 3. The van der Waals surface area contributed by atoms with Gasteiger partial charge in [-0.25, -0.2) is 0 Å². The quantitative estimate of drug-likeness (QED) is 0.676. The SMILES string of the molecule is Cc1cccc(CCC(=O)NNC(=O)C(C)N)c1. The van der Waals surface area contributed by atoms with Crippen LogP contribution in [0.2, 0.25) is 0 Å². The maximum absolute atomic E-state index is 11.5. The molecule has 0 heterocycles. The molecule has 0 aromatic heterocycles. The Balaban J connectivity index is 2.31.